The molecule has 4 rings (SSSR count). The zero-order valence-corrected chi connectivity index (χ0v) is 16.4. The highest BCUT2D eigenvalue weighted by atomic mass is 35.5. The quantitative estimate of drug-likeness (QED) is 0.418. The molecule has 1 atom stereocenters. The lowest BCUT2D eigenvalue weighted by Gasteiger charge is -2.35. The van der Waals surface area contributed by atoms with E-state index in [9.17, 15) is 13.2 Å². The summed E-state index contributed by atoms with van der Waals surface area (Å²) in [6.07, 6.45) is 0.365. The van der Waals surface area contributed by atoms with E-state index in [1.54, 1.807) is 24.1 Å². The molecule has 0 saturated carbocycles. The number of rotatable bonds is 2. The molecule has 0 amide bonds. The topological polar surface area (TPSA) is 110 Å². The van der Waals surface area contributed by atoms with E-state index in [0.29, 0.717) is 21.6 Å². The number of fused-ring (bicyclic) bond motifs is 2. The van der Waals surface area contributed by atoms with Gasteiger partial charge in [0.15, 0.2) is 5.84 Å². The van der Waals surface area contributed by atoms with Gasteiger partial charge in [0.1, 0.15) is 23.0 Å². The summed E-state index contributed by atoms with van der Waals surface area (Å²) in [5, 5.41) is 17.1. The van der Waals surface area contributed by atoms with Crippen LogP contribution < -0.4 is 0 Å². The summed E-state index contributed by atoms with van der Waals surface area (Å²) in [5.74, 6) is 0.262. The first-order valence-corrected chi connectivity index (χ1v) is 9.28. The monoisotopic (exact) mass is 436 g/mol. The third-order valence-corrected chi connectivity index (χ3v) is 5.19. The lowest BCUT2D eigenvalue weighted by Crippen LogP contribution is -2.42. The molecule has 3 aromatic rings. The minimum Gasteiger partial charge on any atom is -0.345 e. The SMILES string of the molecule is CC1c2ncc(C(F)(F)F)n2CCN1C(C=N)=NC(=N)c1c[nH]c2ncc(Cl)cc12. The van der Waals surface area contributed by atoms with Crippen LogP contribution in [0.2, 0.25) is 5.02 Å². The number of imidazole rings is 1. The van der Waals surface area contributed by atoms with Crippen molar-refractivity contribution in [3.05, 3.63) is 46.8 Å². The second-order valence-electron chi connectivity index (χ2n) is 6.74. The first-order chi connectivity index (χ1) is 14.2. The molecule has 30 heavy (non-hydrogen) atoms. The molecule has 4 heterocycles. The number of H-pyrrole nitrogens is 1. The van der Waals surface area contributed by atoms with Crippen molar-refractivity contribution in [2.75, 3.05) is 6.54 Å². The van der Waals surface area contributed by atoms with Crippen LogP contribution in [0.5, 0.6) is 0 Å². The van der Waals surface area contributed by atoms with Crippen molar-refractivity contribution in [2.24, 2.45) is 4.99 Å². The van der Waals surface area contributed by atoms with Gasteiger partial charge >= 0.3 is 6.18 Å². The van der Waals surface area contributed by atoms with Crippen LogP contribution in [-0.2, 0) is 12.7 Å². The number of aromatic nitrogens is 4. The second-order valence-corrected chi connectivity index (χ2v) is 7.17. The minimum absolute atomic E-state index is 0.0430. The van der Waals surface area contributed by atoms with Gasteiger partial charge in [-0.25, -0.2) is 15.0 Å². The predicted octanol–water partition coefficient (Wildman–Crippen LogP) is 3.88. The molecule has 0 aliphatic carbocycles. The standard InChI is InChI=1S/C18H16ClF3N8/c1-9-17-27-8-13(18(20,21)22)30(17)3-2-29(9)14(5-23)28-15(24)12-7-26-16-11(12)4-10(19)6-25-16/h4-9,23-24H,2-3H2,1H3,(H,25,26). The Kier molecular flexibility index (Phi) is 4.85. The Hall–Kier alpha value is -3.21. The first kappa shape index (κ1) is 20.1. The number of aromatic amines is 1. The highest BCUT2D eigenvalue weighted by Crippen LogP contribution is 2.34. The van der Waals surface area contributed by atoms with Crippen LogP contribution in [0.4, 0.5) is 13.2 Å². The predicted molar refractivity (Wildman–Crippen MR) is 107 cm³/mol. The van der Waals surface area contributed by atoms with E-state index in [1.165, 1.54) is 6.20 Å². The number of pyridine rings is 1. The molecule has 3 aromatic heterocycles. The van der Waals surface area contributed by atoms with Crippen LogP contribution in [0.3, 0.4) is 0 Å². The van der Waals surface area contributed by atoms with Gasteiger partial charge in [0.25, 0.3) is 0 Å². The van der Waals surface area contributed by atoms with E-state index >= 15 is 0 Å². The Morgan fingerprint density at radius 2 is 2.10 bits per heavy atom. The number of hydrogen-bond donors (Lipinski definition) is 3. The molecule has 1 aliphatic rings. The first-order valence-electron chi connectivity index (χ1n) is 8.90. The maximum absolute atomic E-state index is 13.2. The molecule has 1 unspecified atom stereocenters. The summed E-state index contributed by atoms with van der Waals surface area (Å²) < 4.78 is 40.6. The van der Waals surface area contributed by atoms with E-state index in [0.717, 1.165) is 17.0 Å². The number of hydrogen-bond acceptors (Lipinski definition) is 4. The smallest absolute Gasteiger partial charge is 0.345 e. The summed E-state index contributed by atoms with van der Waals surface area (Å²) in [5.41, 5.74) is 0.192. The molecule has 1 aliphatic heterocycles. The fourth-order valence-corrected chi connectivity index (χ4v) is 3.72. The molecular weight excluding hydrogens is 421 g/mol. The highest BCUT2D eigenvalue weighted by Gasteiger charge is 2.39. The summed E-state index contributed by atoms with van der Waals surface area (Å²) in [6, 6.07) is 1.10. The summed E-state index contributed by atoms with van der Waals surface area (Å²) in [4.78, 5) is 16.9. The Labute approximate surface area is 173 Å². The fraction of sp³-hybridized carbons (Fsp3) is 0.278. The number of alkyl halides is 3. The van der Waals surface area contributed by atoms with Crippen LogP contribution >= 0.6 is 11.6 Å². The molecule has 0 fully saturated rings. The number of nitrogens with zero attached hydrogens (tertiary/aromatic N) is 5. The van der Waals surface area contributed by atoms with Crippen LogP contribution in [0.15, 0.2) is 29.6 Å². The van der Waals surface area contributed by atoms with Crippen molar-refractivity contribution in [1.82, 2.24) is 24.4 Å². The summed E-state index contributed by atoms with van der Waals surface area (Å²) >= 11 is 5.99. The van der Waals surface area contributed by atoms with E-state index in [-0.39, 0.29) is 30.6 Å². The normalized spacial score (nSPS) is 17.3. The van der Waals surface area contributed by atoms with Gasteiger partial charge in [0.05, 0.1) is 23.5 Å². The number of amidine groups is 2. The molecule has 3 N–H and O–H groups in total. The number of aliphatic imine (C=N–C) groups is 1. The summed E-state index contributed by atoms with van der Waals surface area (Å²) in [6.45, 7) is 1.92. The molecular formula is C18H16ClF3N8. The molecule has 0 spiro atoms. The Morgan fingerprint density at radius 3 is 2.80 bits per heavy atom. The number of halogens is 4. The Bertz CT molecular complexity index is 1180. The van der Waals surface area contributed by atoms with E-state index in [2.05, 4.69) is 19.9 Å². The Balaban J connectivity index is 1.66. The fourth-order valence-electron chi connectivity index (χ4n) is 3.57. The van der Waals surface area contributed by atoms with Crippen molar-refractivity contribution in [2.45, 2.75) is 25.7 Å². The maximum Gasteiger partial charge on any atom is 0.433 e. The second kappa shape index (κ2) is 7.24. The molecule has 0 aromatic carbocycles. The van der Waals surface area contributed by atoms with Gasteiger partial charge in [-0.05, 0) is 13.0 Å². The van der Waals surface area contributed by atoms with Gasteiger partial charge in [-0.3, -0.25) is 5.41 Å². The van der Waals surface area contributed by atoms with Crippen LogP contribution in [0, 0.1) is 10.8 Å². The summed E-state index contributed by atoms with van der Waals surface area (Å²) in [7, 11) is 0. The minimum atomic E-state index is -4.49. The molecule has 8 nitrogen and oxygen atoms in total. The van der Waals surface area contributed by atoms with Crippen molar-refractivity contribution in [1.29, 1.82) is 10.8 Å². The van der Waals surface area contributed by atoms with E-state index in [1.807, 2.05) is 0 Å². The zero-order valence-electron chi connectivity index (χ0n) is 15.6. The van der Waals surface area contributed by atoms with Gasteiger partial charge in [0, 0.05) is 36.4 Å². The lowest BCUT2D eigenvalue weighted by atomic mass is 10.2. The molecule has 0 radical (unpaired) electrons. The van der Waals surface area contributed by atoms with Gasteiger partial charge in [-0.2, -0.15) is 13.2 Å². The number of nitrogens with one attached hydrogen (secondary N) is 3. The molecule has 12 heteroatoms. The van der Waals surface area contributed by atoms with Gasteiger partial charge < -0.3 is 19.9 Å². The average molecular weight is 437 g/mol. The van der Waals surface area contributed by atoms with Gasteiger partial charge in [-0.1, -0.05) is 11.6 Å². The average Bonchev–Trinajstić information content (AvgIpc) is 3.30. The molecule has 0 bridgehead atoms. The van der Waals surface area contributed by atoms with Crippen LogP contribution in [-0.4, -0.2) is 48.8 Å². The van der Waals surface area contributed by atoms with Crippen LogP contribution in [0.1, 0.15) is 30.0 Å². The Morgan fingerprint density at radius 1 is 1.33 bits per heavy atom. The van der Waals surface area contributed by atoms with Crippen molar-refractivity contribution >= 4 is 40.5 Å². The third kappa shape index (κ3) is 3.34. The van der Waals surface area contributed by atoms with Crippen molar-refractivity contribution in [3.63, 3.8) is 0 Å². The van der Waals surface area contributed by atoms with Gasteiger partial charge in [0.2, 0.25) is 0 Å². The van der Waals surface area contributed by atoms with Crippen molar-refractivity contribution < 1.29 is 13.2 Å². The maximum atomic E-state index is 13.2. The highest BCUT2D eigenvalue weighted by molar-refractivity contribution is 6.32. The molecule has 156 valence electrons. The van der Waals surface area contributed by atoms with E-state index < -0.39 is 17.9 Å². The largest absolute Gasteiger partial charge is 0.433 e. The van der Waals surface area contributed by atoms with Crippen molar-refractivity contribution in [3.8, 4) is 0 Å². The van der Waals surface area contributed by atoms with E-state index in [4.69, 9.17) is 22.4 Å². The van der Waals surface area contributed by atoms with Crippen LogP contribution in [0.25, 0.3) is 11.0 Å². The van der Waals surface area contributed by atoms with Gasteiger partial charge in [-0.15, -0.1) is 0 Å². The zero-order chi connectivity index (χ0) is 21.6. The third-order valence-electron chi connectivity index (χ3n) is 4.99. The lowest BCUT2D eigenvalue weighted by molar-refractivity contribution is -0.144. The molecule has 0 saturated heterocycles.